The first kappa shape index (κ1) is 18.2. The van der Waals surface area contributed by atoms with Gasteiger partial charge in [0.15, 0.2) is 0 Å². The van der Waals surface area contributed by atoms with Crippen LogP contribution in [0.1, 0.15) is 21.9 Å². The maximum atomic E-state index is 12.6. The summed E-state index contributed by atoms with van der Waals surface area (Å²) in [6.45, 7) is 6.63. The molecule has 0 saturated carbocycles. The number of carbonyl (C=O) groups is 2. The van der Waals surface area contributed by atoms with Crippen LogP contribution in [-0.2, 0) is 4.79 Å². The summed E-state index contributed by atoms with van der Waals surface area (Å²) in [5.74, 6) is 1.47. The third-order valence-electron chi connectivity index (χ3n) is 4.81. The van der Waals surface area contributed by atoms with Crippen LogP contribution in [0.4, 0.5) is 5.69 Å². The third-order valence-corrected chi connectivity index (χ3v) is 4.81. The summed E-state index contributed by atoms with van der Waals surface area (Å²) in [6.07, 6.45) is 0. The Hall–Kier alpha value is -2.60. The summed E-state index contributed by atoms with van der Waals surface area (Å²) in [5, 5.41) is 0. The molecule has 6 heteroatoms. The summed E-state index contributed by atoms with van der Waals surface area (Å²) in [6, 6.07) is 11.4. The molecule has 1 aromatic heterocycles. The van der Waals surface area contributed by atoms with Crippen molar-refractivity contribution in [3.05, 3.63) is 53.5 Å². The normalized spacial score (nSPS) is 15.1. The Morgan fingerprint density at radius 1 is 1.08 bits per heavy atom. The number of hydrogen-bond donors (Lipinski definition) is 0. The molecule has 138 valence electrons. The second-order valence-corrected chi connectivity index (χ2v) is 6.68. The molecule has 2 aromatic rings. The smallest absolute Gasteiger partial charge is 0.257 e. The Balaban J connectivity index is 1.53. The molecule has 0 unspecified atom stereocenters. The quantitative estimate of drug-likeness (QED) is 0.845. The minimum atomic E-state index is 0.00623. The lowest BCUT2D eigenvalue weighted by atomic mass is 10.2. The van der Waals surface area contributed by atoms with E-state index in [0.717, 1.165) is 11.4 Å². The van der Waals surface area contributed by atoms with Crippen molar-refractivity contribution in [1.82, 2.24) is 9.80 Å². The van der Waals surface area contributed by atoms with Crippen LogP contribution in [0, 0.1) is 13.8 Å². The van der Waals surface area contributed by atoms with Gasteiger partial charge in [-0.15, -0.1) is 0 Å². The van der Waals surface area contributed by atoms with Crippen LogP contribution in [-0.4, -0.2) is 61.4 Å². The molecule has 3 rings (SSSR count). The van der Waals surface area contributed by atoms with E-state index < -0.39 is 0 Å². The molecule has 0 atom stereocenters. The zero-order valence-corrected chi connectivity index (χ0v) is 15.6. The molecule has 1 saturated heterocycles. The summed E-state index contributed by atoms with van der Waals surface area (Å²) < 4.78 is 5.46. The molecule has 6 nitrogen and oxygen atoms in total. The number of aryl methyl sites for hydroxylation is 2. The van der Waals surface area contributed by atoms with Crippen molar-refractivity contribution in [3.63, 3.8) is 0 Å². The number of likely N-dealkylation sites (N-methyl/N-ethyl adjacent to an activating group) is 1. The number of furan rings is 1. The van der Waals surface area contributed by atoms with Crippen LogP contribution >= 0.6 is 0 Å². The Labute approximate surface area is 154 Å². The van der Waals surface area contributed by atoms with Gasteiger partial charge in [0.05, 0.1) is 12.1 Å². The summed E-state index contributed by atoms with van der Waals surface area (Å²) in [7, 11) is 1.79. The summed E-state index contributed by atoms with van der Waals surface area (Å²) in [5.41, 5.74) is 1.52. The number of benzene rings is 1. The molecule has 0 spiro atoms. The minimum Gasteiger partial charge on any atom is -0.466 e. The Morgan fingerprint density at radius 2 is 1.73 bits per heavy atom. The van der Waals surface area contributed by atoms with Crippen molar-refractivity contribution in [2.45, 2.75) is 13.8 Å². The topological polar surface area (TPSA) is 57.0 Å². The van der Waals surface area contributed by atoms with E-state index in [0.29, 0.717) is 44.0 Å². The second-order valence-electron chi connectivity index (χ2n) is 6.68. The summed E-state index contributed by atoms with van der Waals surface area (Å²) >= 11 is 0. The molecular weight excluding hydrogens is 330 g/mol. The highest BCUT2D eigenvalue weighted by atomic mass is 16.3. The zero-order chi connectivity index (χ0) is 18.7. The molecule has 0 bridgehead atoms. The SMILES string of the molecule is Cc1cc(C(=O)N2CCN(CC(=O)N(C)c3ccccc3)CC2)c(C)o1. The van der Waals surface area contributed by atoms with Crippen LogP contribution < -0.4 is 4.90 Å². The number of anilines is 1. The van der Waals surface area contributed by atoms with Crippen LogP contribution in [0.5, 0.6) is 0 Å². The molecule has 2 amide bonds. The van der Waals surface area contributed by atoms with E-state index >= 15 is 0 Å². The number of hydrogen-bond acceptors (Lipinski definition) is 4. The highest BCUT2D eigenvalue weighted by molar-refractivity contribution is 5.95. The first-order valence-corrected chi connectivity index (χ1v) is 8.86. The van der Waals surface area contributed by atoms with Crippen molar-refractivity contribution in [2.75, 3.05) is 44.7 Å². The van der Waals surface area contributed by atoms with E-state index in [1.807, 2.05) is 49.1 Å². The maximum absolute atomic E-state index is 12.6. The molecule has 2 heterocycles. The number of nitrogens with zero attached hydrogens (tertiary/aromatic N) is 3. The highest BCUT2D eigenvalue weighted by Crippen LogP contribution is 2.17. The van der Waals surface area contributed by atoms with Crippen molar-refractivity contribution in [1.29, 1.82) is 0 Å². The number of piperazine rings is 1. The van der Waals surface area contributed by atoms with Gasteiger partial charge in [-0.05, 0) is 32.0 Å². The molecule has 1 aliphatic heterocycles. The van der Waals surface area contributed by atoms with Gasteiger partial charge in [0.25, 0.3) is 5.91 Å². The average molecular weight is 355 g/mol. The number of amides is 2. The van der Waals surface area contributed by atoms with Gasteiger partial charge in [0, 0.05) is 38.9 Å². The number of rotatable bonds is 4. The van der Waals surface area contributed by atoms with Crippen molar-refractivity contribution in [3.8, 4) is 0 Å². The lowest BCUT2D eigenvalue weighted by Crippen LogP contribution is -2.51. The second kappa shape index (κ2) is 7.74. The van der Waals surface area contributed by atoms with Crippen LogP contribution in [0.2, 0.25) is 0 Å². The van der Waals surface area contributed by atoms with Crippen molar-refractivity contribution < 1.29 is 14.0 Å². The Bertz CT molecular complexity index is 777. The van der Waals surface area contributed by atoms with E-state index in [2.05, 4.69) is 4.90 Å². The lowest BCUT2D eigenvalue weighted by Gasteiger charge is -2.35. The van der Waals surface area contributed by atoms with E-state index in [4.69, 9.17) is 4.42 Å². The number of para-hydroxylation sites is 1. The van der Waals surface area contributed by atoms with E-state index in [1.165, 1.54) is 0 Å². The maximum Gasteiger partial charge on any atom is 0.257 e. The third kappa shape index (κ3) is 3.96. The molecule has 0 radical (unpaired) electrons. The van der Waals surface area contributed by atoms with E-state index in [9.17, 15) is 9.59 Å². The molecule has 0 aliphatic carbocycles. The number of carbonyl (C=O) groups excluding carboxylic acids is 2. The molecule has 1 fully saturated rings. The van der Waals surface area contributed by atoms with Gasteiger partial charge in [-0.3, -0.25) is 14.5 Å². The van der Waals surface area contributed by atoms with Crippen LogP contribution in [0.3, 0.4) is 0 Å². The highest BCUT2D eigenvalue weighted by Gasteiger charge is 2.26. The van der Waals surface area contributed by atoms with Crippen LogP contribution in [0.25, 0.3) is 0 Å². The summed E-state index contributed by atoms with van der Waals surface area (Å²) in [4.78, 5) is 30.7. The van der Waals surface area contributed by atoms with Gasteiger partial charge in [-0.2, -0.15) is 0 Å². The Kier molecular flexibility index (Phi) is 5.42. The average Bonchev–Trinajstić information content (AvgIpc) is 3.00. The van der Waals surface area contributed by atoms with Gasteiger partial charge in [0.2, 0.25) is 5.91 Å². The fraction of sp³-hybridized carbons (Fsp3) is 0.400. The van der Waals surface area contributed by atoms with Crippen molar-refractivity contribution in [2.24, 2.45) is 0 Å². The van der Waals surface area contributed by atoms with E-state index in [-0.39, 0.29) is 11.8 Å². The first-order valence-electron chi connectivity index (χ1n) is 8.86. The van der Waals surface area contributed by atoms with Gasteiger partial charge in [-0.1, -0.05) is 18.2 Å². The fourth-order valence-corrected chi connectivity index (χ4v) is 3.22. The molecular formula is C20H25N3O3. The predicted octanol–water partition coefficient (Wildman–Crippen LogP) is 2.32. The molecule has 1 aliphatic rings. The van der Waals surface area contributed by atoms with Crippen molar-refractivity contribution >= 4 is 17.5 Å². The predicted molar refractivity (Wildman–Crippen MR) is 100 cm³/mol. The first-order chi connectivity index (χ1) is 12.5. The molecule has 0 N–H and O–H groups in total. The lowest BCUT2D eigenvalue weighted by molar-refractivity contribution is -0.119. The monoisotopic (exact) mass is 355 g/mol. The molecule has 1 aromatic carbocycles. The fourth-order valence-electron chi connectivity index (χ4n) is 3.22. The minimum absolute atomic E-state index is 0.00623. The van der Waals surface area contributed by atoms with E-state index in [1.54, 1.807) is 18.0 Å². The zero-order valence-electron chi connectivity index (χ0n) is 15.6. The Morgan fingerprint density at radius 3 is 2.31 bits per heavy atom. The molecule has 26 heavy (non-hydrogen) atoms. The van der Waals surface area contributed by atoms with Gasteiger partial charge >= 0.3 is 0 Å². The van der Waals surface area contributed by atoms with Gasteiger partial charge in [-0.25, -0.2) is 0 Å². The van der Waals surface area contributed by atoms with Crippen LogP contribution in [0.15, 0.2) is 40.8 Å². The standard InChI is InChI=1S/C20H25N3O3/c1-15-13-18(16(2)26-15)20(25)23-11-9-22(10-12-23)14-19(24)21(3)17-7-5-4-6-8-17/h4-8,13H,9-12,14H2,1-3H3. The van der Waals surface area contributed by atoms with Gasteiger partial charge < -0.3 is 14.2 Å². The van der Waals surface area contributed by atoms with Gasteiger partial charge in [0.1, 0.15) is 11.5 Å². The largest absolute Gasteiger partial charge is 0.466 e.